The number of aromatic nitrogens is 1. The van der Waals surface area contributed by atoms with Crippen LogP contribution in [0.15, 0.2) is 10.8 Å². The number of likely N-dealkylation sites (tertiary alicyclic amines) is 1. The van der Waals surface area contributed by atoms with Crippen LogP contribution in [0, 0.1) is 5.41 Å². The lowest BCUT2D eigenvalue weighted by molar-refractivity contribution is 0.0446. The predicted molar refractivity (Wildman–Crippen MR) is 89.7 cm³/mol. The van der Waals surface area contributed by atoms with E-state index in [1.165, 1.54) is 51.3 Å². The van der Waals surface area contributed by atoms with Gasteiger partial charge in [0.2, 0.25) is 0 Å². The molecule has 1 amide bonds. The first-order chi connectivity index (χ1) is 11.8. The summed E-state index contributed by atoms with van der Waals surface area (Å²) >= 11 is 0. The Morgan fingerprint density at radius 3 is 2.67 bits per heavy atom. The fourth-order valence-corrected chi connectivity index (χ4v) is 4.85. The summed E-state index contributed by atoms with van der Waals surface area (Å²) in [4.78, 5) is 19.4. The molecule has 2 aliphatic heterocycles. The smallest absolute Gasteiger partial charge is 0.276 e. The summed E-state index contributed by atoms with van der Waals surface area (Å²) in [5, 5.41) is 0. The maximum atomic E-state index is 13.1. The quantitative estimate of drug-likeness (QED) is 0.818. The summed E-state index contributed by atoms with van der Waals surface area (Å²) in [5.74, 6) is 0.676. The number of hydrogen-bond donors (Lipinski definition) is 0. The summed E-state index contributed by atoms with van der Waals surface area (Å²) in [6, 6.07) is 0. The van der Waals surface area contributed by atoms with E-state index in [4.69, 9.17) is 9.15 Å². The molecule has 1 aromatic rings. The minimum Gasteiger partial charge on any atom is -0.445 e. The van der Waals surface area contributed by atoms with Crippen molar-refractivity contribution in [2.24, 2.45) is 5.41 Å². The third-order valence-electron chi connectivity index (χ3n) is 6.13. The van der Waals surface area contributed by atoms with Crippen molar-refractivity contribution in [3.8, 4) is 0 Å². The van der Waals surface area contributed by atoms with Gasteiger partial charge < -0.3 is 14.1 Å². The molecule has 0 bridgehead atoms. The van der Waals surface area contributed by atoms with Crippen molar-refractivity contribution >= 4 is 5.91 Å². The maximum absolute atomic E-state index is 13.1. The average molecular weight is 332 g/mol. The Morgan fingerprint density at radius 2 is 1.92 bits per heavy atom. The Balaban J connectivity index is 1.51. The molecule has 132 valence electrons. The van der Waals surface area contributed by atoms with Gasteiger partial charge in [-0.2, -0.15) is 0 Å². The Morgan fingerprint density at radius 1 is 1.12 bits per heavy atom. The van der Waals surface area contributed by atoms with Gasteiger partial charge in [-0.25, -0.2) is 4.98 Å². The second-order valence-electron chi connectivity index (χ2n) is 7.81. The molecule has 24 heavy (non-hydrogen) atoms. The van der Waals surface area contributed by atoms with Gasteiger partial charge in [0, 0.05) is 19.7 Å². The summed E-state index contributed by atoms with van der Waals surface area (Å²) in [6.07, 6.45) is 13.5. The Hall–Kier alpha value is -1.36. The number of hydrogen-bond acceptors (Lipinski definition) is 4. The molecule has 5 nitrogen and oxygen atoms in total. The Kier molecular flexibility index (Phi) is 4.61. The minimum atomic E-state index is -0.0944. The van der Waals surface area contributed by atoms with Crippen LogP contribution < -0.4 is 0 Å². The molecular weight excluding hydrogens is 304 g/mol. The van der Waals surface area contributed by atoms with Crippen LogP contribution in [0.5, 0.6) is 0 Å². The fraction of sp³-hybridized carbons (Fsp3) is 0.789. The number of ether oxygens (including phenoxy) is 1. The van der Waals surface area contributed by atoms with Crippen LogP contribution in [0.25, 0.3) is 0 Å². The van der Waals surface area contributed by atoms with Crippen molar-refractivity contribution in [2.75, 3.05) is 19.7 Å². The Labute approximate surface area is 143 Å². The highest BCUT2D eigenvalue weighted by Crippen LogP contribution is 2.42. The maximum Gasteiger partial charge on any atom is 0.276 e. The number of oxazole rings is 1. The molecule has 0 radical (unpaired) electrons. The molecule has 1 aromatic heterocycles. The first-order valence-electron chi connectivity index (χ1n) is 9.62. The fourth-order valence-electron chi connectivity index (χ4n) is 4.85. The standard InChI is InChI=1S/C19H28N2O3/c22-18(16-17(24-14-20-16)15-7-5-12-23-15)21-11-6-10-19(13-21)8-3-1-2-4-9-19/h14-15H,1-13H2/t15-/m0/s1. The van der Waals surface area contributed by atoms with Gasteiger partial charge in [0.05, 0.1) is 0 Å². The average Bonchev–Trinajstić information content (AvgIpc) is 3.24. The van der Waals surface area contributed by atoms with Crippen LogP contribution in [0.4, 0.5) is 0 Å². The van der Waals surface area contributed by atoms with E-state index in [2.05, 4.69) is 4.98 Å². The second-order valence-corrected chi connectivity index (χ2v) is 7.81. The van der Waals surface area contributed by atoms with E-state index in [-0.39, 0.29) is 12.0 Å². The third-order valence-corrected chi connectivity index (χ3v) is 6.13. The largest absolute Gasteiger partial charge is 0.445 e. The van der Waals surface area contributed by atoms with E-state index in [0.717, 1.165) is 39.0 Å². The first kappa shape index (κ1) is 16.1. The van der Waals surface area contributed by atoms with Gasteiger partial charge in [-0.1, -0.05) is 25.7 Å². The summed E-state index contributed by atoms with van der Waals surface area (Å²) in [5.41, 5.74) is 0.825. The molecule has 3 fully saturated rings. The molecule has 1 saturated carbocycles. The van der Waals surface area contributed by atoms with Crippen molar-refractivity contribution < 1.29 is 13.9 Å². The van der Waals surface area contributed by atoms with Crippen molar-refractivity contribution in [1.29, 1.82) is 0 Å². The zero-order valence-corrected chi connectivity index (χ0v) is 14.5. The zero-order chi connectivity index (χ0) is 16.4. The van der Waals surface area contributed by atoms with Crippen molar-refractivity contribution in [3.63, 3.8) is 0 Å². The van der Waals surface area contributed by atoms with Gasteiger partial charge in [0.1, 0.15) is 6.10 Å². The zero-order valence-electron chi connectivity index (χ0n) is 14.5. The summed E-state index contributed by atoms with van der Waals surface area (Å²) in [7, 11) is 0. The molecule has 3 heterocycles. The minimum absolute atomic E-state index is 0.0394. The molecule has 5 heteroatoms. The number of piperidine rings is 1. The van der Waals surface area contributed by atoms with Gasteiger partial charge in [0.25, 0.3) is 5.91 Å². The van der Waals surface area contributed by atoms with Crippen LogP contribution in [0.2, 0.25) is 0 Å². The van der Waals surface area contributed by atoms with Gasteiger partial charge in [-0.3, -0.25) is 4.79 Å². The second kappa shape index (κ2) is 6.87. The van der Waals surface area contributed by atoms with Crippen LogP contribution in [-0.4, -0.2) is 35.5 Å². The molecule has 0 N–H and O–H groups in total. The molecule has 4 rings (SSSR count). The number of nitrogens with zero attached hydrogens (tertiary/aromatic N) is 2. The van der Waals surface area contributed by atoms with E-state index >= 15 is 0 Å². The number of carbonyl (C=O) groups excluding carboxylic acids is 1. The number of rotatable bonds is 2. The molecule has 2 saturated heterocycles. The van der Waals surface area contributed by atoms with E-state index in [1.807, 2.05) is 4.90 Å². The molecular formula is C19H28N2O3. The monoisotopic (exact) mass is 332 g/mol. The van der Waals surface area contributed by atoms with Crippen molar-refractivity contribution in [1.82, 2.24) is 9.88 Å². The summed E-state index contributed by atoms with van der Waals surface area (Å²) in [6.45, 7) is 2.48. The van der Waals surface area contributed by atoms with E-state index in [9.17, 15) is 4.79 Å². The van der Waals surface area contributed by atoms with Gasteiger partial charge >= 0.3 is 0 Å². The SMILES string of the molecule is O=C(c1ncoc1[C@@H]1CCCO1)N1CCCC2(CCCCCC2)C1. The van der Waals surface area contributed by atoms with E-state index < -0.39 is 0 Å². The molecule has 0 unspecified atom stereocenters. The van der Waals surface area contributed by atoms with Crippen molar-refractivity contribution in [3.05, 3.63) is 17.8 Å². The van der Waals surface area contributed by atoms with Crippen LogP contribution in [0.1, 0.15) is 86.6 Å². The van der Waals surface area contributed by atoms with Crippen LogP contribution >= 0.6 is 0 Å². The van der Waals surface area contributed by atoms with E-state index in [1.54, 1.807) is 0 Å². The molecule has 1 spiro atoms. The molecule has 3 aliphatic rings. The molecule has 0 aromatic carbocycles. The van der Waals surface area contributed by atoms with Crippen molar-refractivity contribution in [2.45, 2.75) is 70.3 Å². The van der Waals surface area contributed by atoms with Gasteiger partial charge in [-0.15, -0.1) is 0 Å². The lowest BCUT2D eigenvalue weighted by atomic mass is 9.74. The molecule has 1 atom stereocenters. The van der Waals surface area contributed by atoms with Crippen LogP contribution in [0.3, 0.4) is 0 Å². The van der Waals surface area contributed by atoms with Crippen LogP contribution in [-0.2, 0) is 4.74 Å². The predicted octanol–water partition coefficient (Wildman–Crippen LogP) is 4.10. The lowest BCUT2D eigenvalue weighted by Crippen LogP contribution is -2.46. The van der Waals surface area contributed by atoms with E-state index in [0.29, 0.717) is 16.9 Å². The first-order valence-corrected chi connectivity index (χ1v) is 9.62. The number of amides is 1. The van der Waals surface area contributed by atoms with Gasteiger partial charge in [-0.05, 0) is 43.9 Å². The third kappa shape index (κ3) is 3.10. The highest BCUT2D eigenvalue weighted by Gasteiger charge is 2.39. The summed E-state index contributed by atoms with van der Waals surface area (Å²) < 4.78 is 11.2. The number of carbonyl (C=O) groups is 1. The highest BCUT2D eigenvalue weighted by molar-refractivity contribution is 5.93. The highest BCUT2D eigenvalue weighted by atomic mass is 16.5. The Bertz CT molecular complexity index is 569. The topological polar surface area (TPSA) is 55.6 Å². The lowest BCUT2D eigenvalue weighted by Gasteiger charge is -2.42. The molecule has 1 aliphatic carbocycles. The normalized spacial score (nSPS) is 27.3. The van der Waals surface area contributed by atoms with Gasteiger partial charge in [0.15, 0.2) is 17.8 Å².